The van der Waals surface area contributed by atoms with Crippen LogP contribution in [-0.2, 0) is 9.53 Å². The van der Waals surface area contributed by atoms with Gasteiger partial charge < -0.3 is 15.0 Å². The van der Waals surface area contributed by atoms with Crippen LogP contribution in [0.3, 0.4) is 0 Å². The van der Waals surface area contributed by atoms with E-state index in [1.165, 1.54) is 0 Å². The predicted molar refractivity (Wildman–Crippen MR) is 75.1 cm³/mol. The summed E-state index contributed by atoms with van der Waals surface area (Å²) in [6, 6.07) is 10.6. The molecule has 0 aliphatic carbocycles. The molecule has 4 nitrogen and oxygen atoms in total. The van der Waals surface area contributed by atoms with Gasteiger partial charge in [0.1, 0.15) is 11.6 Å². The molecule has 0 spiro atoms. The van der Waals surface area contributed by atoms with Crippen LogP contribution in [0, 0.1) is 6.07 Å². The van der Waals surface area contributed by atoms with E-state index in [1.807, 2.05) is 45.0 Å². The lowest BCUT2D eigenvalue weighted by atomic mass is 10.1. The number of anilines is 1. The molecule has 0 saturated carbocycles. The zero-order valence-corrected chi connectivity index (χ0v) is 11.8. The molecule has 2 rings (SSSR count). The number of carbonyl (C=O) groups excluding carboxylic acids is 1. The minimum absolute atomic E-state index is 0.183. The number of esters is 1. The Bertz CT molecular complexity index is 426. The summed E-state index contributed by atoms with van der Waals surface area (Å²) < 4.78 is 5.49. The second-order valence-corrected chi connectivity index (χ2v) is 5.69. The molecule has 19 heavy (non-hydrogen) atoms. The first-order chi connectivity index (χ1) is 8.97. The number of para-hydroxylation sites is 1. The van der Waals surface area contributed by atoms with E-state index < -0.39 is 5.60 Å². The van der Waals surface area contributed by atoms with Crippen LogP contribution >= 0.6 is 0 Å². The third kappa shape index (κ3) is 3.70. The van der Waals surface area contributed by atoms with Crippen molar-refractivity contribution in [2.75, 3.05) is 24.5 Å². The number of piperazine rings is 1. The molecule has 1 aliphatic rings. The summed E-state index contributed by atoms with van der Waals surface area (Å²) in [7, 11) is 0. The maximum absolute atomic E-state index is 12.3. The molecule has 1 aromatic rings. The summed E-state index contributed by atoms with van der Waals surface area (Å²) in [5.41, 5.74) is 0.487. The first-order valence-corrected chi connectivity index (χ1v) is 6.64. The Morgan fingerprint density at radius 1 is 1.47 bits per heavy atom. The third-order valence-corrected chi connectivity index (χ3v) is 2.92. The van der Waals surface area contributed by atoms with Crippen molar-refractivity contribution in [1.29, 1.82) is 0 Å². The zero-order chi connectivity index (χ0) is 13.9. The van der Waals surface area contributed by atoms with Crippen molar-refractivity contribution in [3.8, 4) is 0 Å². The second kappa shape index (κ2) is 5.61. The van der Waals surface area contributed by atoms with E-state index in [0.717, 1.165) is 18.8 Å². The molecule has 1 N–H and O–H groups in total. The van der Waals surface area contributed by atoms with Gasteiger partial charge in [0.15, 0.2) is 0 Å². The lowest BCUT2D eigenvalue weighted by Gasteiger charge is -2.37. The Morgan fingerprint density at radius 3 is 2.89 bits per heavy atom. The summed E-state index contributed by atoms with van der Waals surface area (Å²) in [6.07, 6.45) is 0. The normalized spacial score (nSPS) is 20.2. The van der Waals surface area contributed by atoms with Crippen molar-refractivity contribution < 1.29 is 9.53 Å². The largest absolute Gasteiger partial charge is 0.458 e. The molecule has 1 atom stereocenters. The first kappa shape index (κ1) is 13.9. The van der Waals surface area contributed by atoms with Crippen molar-refractivity contribution in [2.45, 2.75) is 32.4 Å². The third-order valence-electron chi connectivity index (χ3n) is 2.92. The molecule has 0 aromatic heterocycles. The van der Waals surface area contributed by atoms with Gasteiger partial charge in [0.2, 0.25) is 0 Å². The molecule has 1 saturated heterocycles. The number of rotatable bonds is 2. The van der Waals surface area contributed by atoms with E-state index in [0.29, 0.717) is 6.54 Å². The number of ether oxygens (including phenoxy) is 1. The molecule has 1 aromatic carbocycles. The molecular formula is C15H21N2O2. The summed E-state index contributed by atoms with van der Waals surface area (Å²) in [5.74, 6) is -0.183. The van der Waals surface area contributed by atoms with Crippen LogP contribution in [-0.4, -0.2) is 37.2 Å². The average molecular weight is 261 g/mol. The van der Waals surface area contributed by atoms with Crippen LogP contribution in [0.25, 0.3) is 0 Å². The van der Waals surface area contributed by atoms with Gasteiger partial charge in [-0.2, -0.15) is 0 Å². The average Bonchev–Trinajstić information content (AvgIpc) is 2.38. The number of hydrogen-bond donors (Lipinski definition) is 1. The minimum atomic E-state index is -0.458. The standard InChI is InChI=1S/C15H21N2O2/c1-15(2,3)19-14(18)13-11-16-9-10-17(13)12-7-5-4-6-8-12/h4-7,13,16H,9-11H2,1-3H3. The fourth-order valence-corrected chi connectivity index (χ4v) is 2.14. The van der Waals surface area contributed by atoms with Crippen LogP contribution in [0.4, 0.5) is 5.69 Å². The maximum Gasteiger partial charge on any atom is 0.330 e. The lowest BCUT2D eigenvalue weighted by Crippen LogP contribution is -2.56. The summed E-state index contributed by atoms with van der Waals surface area (Å²) in [5, 5.41) is 3.24. The number of hydrogen-bond acceptors (Lipinski definition) is 4. The quantitative estimate of drug-likeness (QED) is 0.821. The van der Waals surface area contributed by atoms with E-state index in [2.05, 4.69) is 16.3 Å². The Balaban J connectivity index is 2.15. The molecular weight excluding hydrogens is 240 g/mol. The van der Waals surface area contributed by atoms with Gasteiger partial charge in [-0.3, -0.25) is 0 Å². The highest BCUT2D eigenvalue weighted by molar-refractivity contribution is 5.81. The SMILES string of the molecule is CC(C)(C)OC(=O)C1CNCCN1c1[c]cccc1. The van der Waals surface area contributed by atoms with Gasteiger partial charge in [0, 0.05) is 31.4 Å². The molecule has 103 valence electrons. The van der Waals surface area contributed by atoms with Crippen LogP contribution in [0.15, 0.2) is 24.3 Å². The summed E-state index contributed by atoms with van der Waals surface area (Å²) >= 11 is 0. The van der Waals surface area contributed by atoms with Crippen LogP contribution < -0.4 is 10.2 Å². The van der Waals surface area contributed by atoms with Gasteiger partial charge in [0.25, 0.3) is 0 Å². The smallest absolute Gasteiger partial charge is 0.330 e. The monoisotopic (exact) mass is 261 g/mol. The van der Waals surface area contributed by atoms with Crippen molar-refractivity contribution in [2.24, 2.45) is 0 Å². The van der Waals surface area contributed by atoms with E-state index >= 15 is 0 Å². The van der Waals surface area contributed by atoms with Gasteiger partial charge in [-0.05, 0) is 26.8 Å². The highest BCUT2D eigenvalue weighted by atomic mass is 16.6. The topological polar surface area (TPSA) is 41.6 Å². The molecule has 0 amide bonds. The summed E-state index contributed by atoms with van der Waals surface area (Å²) in [4.78, 5) is 14.3. The summed E-state index contributed by atoms with van der Waals surface area (Å²) in [6.45, 7) is 7.92. The van der Waals surface area contributed by atoms with Gasteiger partial charge in [-0.1, -0.05) is 18.2 Å². The minimum Gasteiger partial charge on any atom is -0.458 e. The predicted octanol–water partition coefficient (Wildman–Crippen LogP) is 1.61. The molecule has 1 fully saturated rings. The number of carbonyl (C=O) groups is 1. The fourth-order valence-electron chi connectivity index (χ4n) is 2.14. The maximum atomic E-state index is 12.3. The van der Waals surface area contributed by atoms with E-state index in [9.17, 15) is 4.79 Å². The fraction of sp³-hybridized carbons (Fsp3) is 0.533. The number of benzene rings is 1. The van der Waals surface area contributed by atoms with Crippen LogP contribution in [0.2, 0.25) is 0 Å². The molecule has 1 radical (unpaired) electrons. The Kier molecular flexibility index (Phi) is 4.10. The molecule has 1 aliphatic heterocycles. The van der Waals surface area contributed by atoms with Crippen LogP contribution in [0.5, 0.6) is 0 Å². The Morgan fingerprint density at radius 2 is 2.26 bits per heavy atom. The highest BCUT2D eigenvalue weighted by Crippen LogP contribution is 2.19. The van der Waals surface area contributed by atoms with E-state index in [4.69, 9.17) is 4.74 Å². The molecule has 1 heterocycles. The second-order valence-electron chi connectivity index (χ2n) is 5.69. The Hall–Kier alpha value is -1.55. The number of nitrogens with zero attached hydrogens (tertiary/aromatic N) is 1. The van der Waals surface area contributed by atoms with E-state index in [1.54, 1.807) is 0 Å². The van der Waals surface area contributed by atoms with Gasteiger partial charge in [-0.15, -0.1) is 0 Å². The molecule has 1 unspecified atom stereocenters. The zero-order valence-electron chi connectivity index (χ0n) is 11.8. The Labute approximate surface area is 114 Å². The van der Waals surface area contributed by atoms with Crippen molar-refractivity contribution >= 4 is 11.7 Å². The van der Waals surface area contributed by atoms with E-state index in [-0.39, 0.29) is 12.0 Å². The lowest BCUT2D eigenvalue weighted by molar-refractivity contribution is -0.156. The van der Waals surface area contributed by atoms with Gasteiger partial charge in [-0.25, -0.2) is 4.79 Å². The van der Waals surface area contributed by atoms with Crippen LogP contribution in [0.1, 0.15) is 20.8 Å². The molecule has 0 bridgehead atoms. The van der Waals surface area contributed by atoms with Crippen molar-refractivity contribution in [3.05, 3.63) is 30.3 Å². The first-order valence-electron chi connectivity index (χ1n) is 6.64. The van der Waals surface area contributed by atoms with Crippen molar-refractivity contribution in [1.82, 2.24) is 5.32 Å². The van der Waals surface area contributed by atoms with Gasteiger partial charge in [0.05, 0.1) is 0 Å². The number of nitrogens with one attached hydrogen (secondary N) is 1. The molecule has 4 heteroatoms. The van der Waals surface area contributed by atoms with Crippen molar-refractivity contribution in [3.63, 3.8) is 0 Å². The van der Waals surface area contributed by atoms with Gasteiger partial charge >= 0.3 is 5.97 Å². The highest BCUT2D eigenvalue weighted by Gasteiger charge is 2.32.